The molecule has 1 amide bonds. The maximum Gasteiger partial charge on any atom is 0.266 e. The maximum atomic E-state index is 12.5. The lowest BCUT2D eigenvalue weighted by Crippen LogP contribution is -2.45. The van der Waals surface area contributed by atoms with Crippen LogP contribution in [0, 0.1) is 5.41 Å². The Hall–Kier alpha value is -1.55. The Morgan fingerprint density at radius 1 is 1.32 bits per heavy atom. The molecule has 2 aliphatic heterocycles. The van der Waals surface area contributed by atoms with Crippen LogP contribution in [0.1, 0.15) is 20.3 Å². The van der Waals surface area contributed by atoms with Crippen LogP contribution < -0.4 is 4.74 Å². The van der Waals surface area contributed by atoms with Crippen LogP contribution in [0.4, 0.5) is 0 Å². The fraction of sp³-hybridized carbons (Fsp3) is 0.533. The van der Waals surface area contributed by atoms with E-state index in [9.17, 15) is 4.79 Å². The predicted octanol–water partition coefficient (Wildman–Crippen LogP) is 2.05. The van der Waals surface area contributed by atoms with Gasteiger partial charge >= 0.3 is 0 Å². The van der Waals surface area contributed by atoms with Crippen molar-refractivity contribution in [3.05, 3.63) is 30.3 Å². The first-order chi connectivity index (χ1) is 9.10. The molecule has 1 aromatic rings. The normalized spacial score (nSPS) is 29.2. The van der Waals surface area contributed by atoms with Gasteiger partial charge < -0.3 is 14.4 Å². The van der Waals surface area contributed by atoms with E-state index in [1.807, 2.05) is 49.1 Å². The number of carbonyl (C=O) groups excluding carboxylic acids is 1. The second-order valence-electron chi connectivity index (χ2n) is 5.74. The number of nitrogens with zero attached hydrogens (tertiary/aromatic N) is 1. The molecule has 19 heavy (non-hydrogen) atoms. The Balaban J connectivity index is 1.86. The van der Waals surface area contributed by atoms with E-state index in [2.05, 4.69) is 0 Å². The Bertz CT molecular complexity index is 472. The van der Waals surface area contributed by atoms with E-state index in [0.717, 1.165) is 25.3 Å². The number of fused-ring (bicyclic) bond motifs is 1. The van der Waals surface area contributed by atoms with Crippen molar-refractivity contribution in [2.75, 3.05) is 13.2 Å². The minimum Gasteiger partial charge on any atom is -0.480 e. The second-order valence-corrected chi connectivity index (χ2v) is 5.74. The highest BCUT2D eigenvalue weighted by molar-refractivity contribution is 5.85. The molecule has 0 aromatic heterocycles. The molecule has 1 aromatic carbocycles. The molecule has 0 saturated carbocycles. The topological polar surface area (TPSA) is 38.8 Å². The van der Waals surface area contributed by atoms with Gasteiger partial charge in [-0.1, -0.05) is 32.0 Å². The summed E-state index contributed by atoms with van der Waals surface area (Å²) in [5.74, 6) is 0.771. The molecule has 2 atom stereocenters. The lowest BCUT2D eigenvalue weighted by molar-refractivity contribution is -0.148. The zero-order valence-corrected chi connectivity index (χ0v) is 11.3. The number of hydrogen-bond donors (Lipinski definition) is 0. The Labute approximate surface area is 113 Å². The number of benzene rings is 1. The Morgan fingerprint density at radius 2 is 2.05 bits per heavy atom. The molecular formula is C15H19NO3. The smallest absolute Gasteiger partial charge is 0.266 e. The number of carbonyl (C=O) groups is 1. The zero-order valence-electron chi connectivity index (χ0n) is 11.3. The highest BCUT2D eigenvalue weighted by Gasteiger charge is 2.56. The van der Waals surface area contributed by atoms with Crippen LogP contribution in [0.2, 0.25) is 0 Å². The Morgan fingerprint density at radius 3 is 2.74 bits per heavy atom. The van der Waals surface area contributed by atoms with E-state index in [1.165, 1.54) is 0 Å². The summed E-state index contributed by atoms with van der Waals surface area (Å²) in [6, 6.07) is 9.50. The molecule has 2 aliphatic rings. The van der Waals surface area contributed by atoms with Crippen LogP contribution in [-0.4, -0.2) is 36.3 Å². The van der Waals surface area contributed by atoms with E-state index >= 15 is 0 Å². The first-order valence-electron chi connectivity index (χ1n) is 6.74. The summed E-state index contributed by atoms with van der Waals surface area (Å²) in [5, 5.41) is 0. The van der Waals surface area contributed by atoms with Gasteiger partial charge in [-0.3, -0.25) is 4.79 Å². The predicted molar refractivity (Wildman–Crippen MR) is 70.7 cm³/mol. The van der Waals surface area contributed by atoms with Crippen LogP contribution in [-0.2, 0) is 9.53 Å². The number of amides is 1. The summed E-state index contributed by atoms with van der Waals surface area (Å²) in [5.41, 5.74) is -0.340. The molecule has 2 heterocycles. The van der Waals surface area contributed by atoms with E-state index in [0.29, 0.717) is 0 Å². The van der Waals surface area contributed by atoms with Crippen LogP contribution in [0.15, 0.2) is 30.3 Å². The van der Waals surface area contributed by atoms with Gasteiger partial charge in [0.25, 0.3) is 5.91 Å². The van der Waals surface area contributed by atoms with E-state index in [-0.39, 0.29) is 17.6 Å². The average molecular weight is 261 g/mol. The van der Waals surface area contributed by atoms with Crippen molar-refractivity contribution in [3.8, 4) is 5.75 Å². The van der Waals surface area contributed by atoms with Crippen LogP contribution in [0.3, 0.4) is 0 Å². The molecule has 0 aliphatic carbocycles. The minimum atomic E-state index is -0.474. The molecule has 102 valence electrons. The quantitative estimate of drug-likeness (QED) is 0.818. The lowest BCUT2D eigenvalue weighted by Gasteiger charge is -2.36. The molecule has 0 bridgehead atoms. The van der Waals surface area contributed by atoms with Gasteiger partial charge in [0.05, 0.1) is 12.0 Å². The van der Waals surface area contributed by atoms with Crippen molar-refractivity contribution < 1.29 is 14.3 Å². The standard InChI is InChI=1S/C15H19NO3/c1-15(2)12(19-11-7-4-3-5-8-11)13(17)16-9-6-10-18-14(15)16/h3-5,7-8,12,14H,6,9-10H2,1-2H3/t12-,14+/m1/s1. The van der Waals surface area contributed by atoms with Crippen molar-refractivity contribution in [2.24, 2.45) is 5.41 Å². The molecular weight excluding hydrogens is 242 g/mol. The number of hydrogen-bond acceptors (Lipinski definition) is 3. The van der Waals surface area contributed by atoms with Gasteiger partial charge in [-0.2, -0.15) is 0 Å². The molecule has 4 nitrogen and oxygen atoms in total. The van der Waals surface area contributed by atoms with Gasteiger partial charge in [0.15, 0.2) is 6.10 Å². The third kappa shape index (κ3) is 2.00. The Kier molecular flexibility index (Phi) is 2.97. The maximum absolute atomic E-state index is 12.5. The van der Waals surface area contributed by atoms with Crippen LogP contribution in [0.25, 0.3) is 0 Å². The average Bonchev–Trinajstić information content (AvgIpc) is 2.62. The van der Waals surface area contributed by atoms with Crippen molar-refractivity contribution in [2.45, 2.75) is 32.6 Å². The largest absolute Gasteiger partial charge is 0.480 e. The zero-order chi connectivity index (χ0) is 13.5. The summed E-state index contributed by atoms with van der Waals surface area (Å²) >= 11 is 0. The SMILES string of the molecule is CC1(C)[C@H](Oc2ccccc2)C(=O)N2CCCO[C@H]21. The molecule has 0 N–H and O–H groups in total. The van der Waals surface area contributed by atoms with Crippen molar-refractivity contribution >= 4 is 5.91 Å². The first-order valence-corrected chi connectivity index (χ1v) is 6.74. The van der Waals surface area contributed by atoms with Gasteiger partial charge in [-0.15, -0.1) is 0 Å². The molecule has 4 heteroatoms. The van der Waals surface area contributed by atoms with Crippen molar-refractivity contribution in [3.63, 3.8) is 0 Å². The molecule has 3 rings (SSSR count). The molecule has 2 fully saturated rings. The van der Waals surface area contributed by atoms with E-state index in [1.54, 1.807) is 0 Å². The van der Waals surface area contributed by atoms with Gasteiger partial charge in [-0.25, -0.2) is 0 Å². The van der Waals surface area contributed by atoms with E-state index in [4.69, 9.17) is 9.47 Å². The lowest BCUT2D eigenvalue weighted by atomic mass is 9.87. The molecule has 2 saturated heterocycles. The monoisotopic (exact) mass is 261 g/mol. The first kappa shape index (κ1) is 12.5. The summed E-state index contributed by atoms with van der Waals surface area (Å²) in [7, 11) is 0. The van der Waals surface area contributed by atoms with Gasteiger partial charge in [-0.05, 0) is 18.6 Å². The van der Waals surface area contributed by atoms with Gasteiger partial charge in [0.1, 0.15) is 12.0 Å². The minimum absolute atomic E-state index is 0.0403. The van der Waals surface area contributed by atoms with Crippen molar-refractivity contribution in [1.82, 2.24) is 4.90 Å². The van der Waals surface area contributed by atoms with E-state index < -0.39 is 6.10 Å². The highest BCUT2D eigenvalue weighted by atomic mass is 16.5. The van der Waals surface area contributed by atoms with Gasteiger partial charge in [0, 0.05) is 6.54 Å². The fourth-order valence-electron chi connectivity index (χ4n) is 2.92. The summed E-state index contributed by atoms with van der Waals surface area (Å²) < 4.78 is 11.7. The molecule has 0 radical (unpaired) electrons. The number of rotatable bonds is 2. The van der Waals surface area contributed by atoms with Crippen LogP contribution in [0.5, 0.6) is 5.75 Å². The van der Waals surface area contributed by atoms with Crippen LogP contribution >= 0.6 is 0 Å². The molecule has 0 spiro atoms. The number of para-hydroxylation sites is 1. The van der Waals surface area contributed by atoms with Gasteiger partial charge in [0.2, 0.25) is 0 Å². The van der Waals surface area contributed by atoms with Crippen molar-refractivity contribution in [1.29, 1.82) is 0 Å². The summed E-state index contributed by atoms with van der Waals surface area (Å²) in [6.07, 6.45) is 0.261. The number of ether oxygens (including phenoxy) is 2. The fourth-order valence-corrected chi connectivity index (χ4v) is 2.92. The molecule has 0 unspecified atom stereocenters. The third-order valence-electron chi connectivity index (χ3n) is 3.92. The second kappa shape index (κ2) is 4.53. The summed E-state index contributed by atoms with van der Waals surface area (Å²) in [4.78, 5) is 14.3. The summed E-state index contributed by atoms with van der Waals surface area (Å²) in [6.45, 7) is 5.56. The third-order valence-corrected chi connectivity index (χ3v) is 3.92. The highest BCUT2D eigenvalue weighted by Crippen LogP contribution is 2.41.